The Morgan fingerprint density at radius 1 is 1.11 bits per heavy atom. The molecule has 0 saturated heterocycles. The maximum absolute atomic E-state index is 15.1. The number of imidazole rings is 1. The van der Waals surface area contributed by atoms with Crippen molar-refractivity contribution < 1.29 is 9.18 Å². The number of hydrogen-bond acceptors (Lipinski definition) is 6. The highest BCUT2D eigenvalue weighted by molar-refractivity contribution is 7.08. The first-order valence-electron chi connectivity index (χ1n) is 10.9. The maximum Gasteiger partial charge on any atom is 0.224 e. The summed E-state index contributed by atoms with van der Waals surface area (Å²) in [6.45, 7) is 1.76. The topological polar surface area (TPSA) is 112 Å². The number of benzene rings is 1. The predicted molar refractivity (Wildman–Crippen MR) is 134 cm³/mol. The fourth-order valence-corrected chi connectivity index (χ4v) is 4.64. The second-order valence-electron chi connectivity index (χ2n) is 7.97. The fraction of sp³-hybridized carbons (Fsp3) is 0.0800. The van der Waals surface area contributed by atoms with E-state index in [2.05, 4.69) is 30.5 Å². The number of halogens is 1. The smallest absolute Gasteiger partial charge is 0.224 e. The highest BCUT2D eigenvalue weighted by atomic mass is 32.1. The lowest BCUT2D eigenvalue weighted by Crippen LogP contribution is -2.09. The van der Waals surface area contributed by atoms with Gasteiger partial charge in [0.2, 0.25) is 5.91 Å². The lowest BCUT2D eigenvalue weighted by Gasteiger charge is -2.08. The van der Waals surface area contributed by atoms with Crippen molar-refractivity contribution in [2.24, 2.45) is 0 Å². The van der Waals surface area contributed by atoms with Crippen LogP contribution in [0.2, 0.25) is 0 Å². The van der Waals surface area contributed by atoms with Crippen LogP contribution in [0.25, 0.3) is 55.8 Å². The summed E-state index contributed by atoms with van der Waals surface area (Å²) in [6.07, 6.45) is 5.17. The standard InChI is InChI=1S/C25H18FN7OS/c1-2-21(34)29-15-7-14(10-27-11-15)16-8-17-20(9-18(16)26)32-33-23(17)25-30-19-3-5-28-22(24(19)31-25)13-4-6-35-12-13/h3-12H,2H2,1H3,(H,29,34)(H,30,31)(H,32,33). The lowest BCUT2D eigenvalue weighted by atomic mass is 10.0. The summed E-state index contributed by atoms with van der Waals surface area (Å²) < 4.78 is 15.1. The van der Waals surface area contributed by atoms with E-state index in [0.29, 0.717) is 45.7 Å². The van der Waals surface area contributed by atoms with E-state index >= 15 is 4.39 Å². The number of rotatable bonds is 5. The number of anilines is 1. The van der Waals surface area contributed by atoms with Gasteiger partial charge in [0.1, 0.15) is 17.0 Å². The van der Waals surface area contributed by atoms with Crippen LogP contribution in [0, 0.1) is 5.82 Å². The van der Waals surface area contributed by atoms with Crippen LogP contribution < -0.4 is 5.32 Å². The van der Waals surface area contributed by atoms with Crippen LogP contribution in [0.15, 0.2) is 59.7 Å². The van der Waals surface area contributed by atoms with Crippen molar-refractivity contribution in [2.75, 3.05) is 5.32 Å². The van der Waals surface area contributed by atoms with Gasteiger partial charge in [-0.15, -0.1) is 0 Å². The van der Waals surface area contributed by atoms with Gasteiger partial charge in [-0.2, -0.15) is 16.4 Å². The molecule has 6 rings (SSSR count). The van der Waals surface area contributed by atoms with Crippen LogP contribution >= 0.6 is 11.3 Å². The molecule has 0 spiro atoms. The van der Waals surface area contributed by atoms with Crippen molar-refractivity contribution in [3.8, 4) is 33.9 Å². The van der Waals surface area contributed by atoms with E-state index in [0.717, 1.165) is 22.3 Å². The first-order valence-corrected chi connectivity index (χ1v) is 11.9. The minimum atomic E-state index is -0.429. The Morgan fingerprint density at radius 2 is 2.03 bits per heavy atom. The Morgan fingerprint density at radius 3 is 2.86 bits per heavy atom. The van der Waals surface area contributed by atoms with Crippen LogP contribution in [0.3, 0.4) is 0 Å². The Bertz CT molecular complexity index is 1700. The number of carbonyl (C=O) groups is 1. The van der Waals surface area contributed by atoms with Crippen LogP contribution in [0.4, 0.5) is 10.1 Å². The number of pyridine rings is 2. The summed E-state index contributed by atoms with van der Waals surface area (Å²) in [4.78, 5) is 28.6. The van der Waals surface area contributed by atoms with Crippen molar-refractivity contribution in [3.63, 3.8) is 0 Å². The van der Waals surface area contributed by atoms with Gasteiger partial charge in [-0.05, 0) is 29.6 Å². The van der Waals surface area contributed by atoms with E-state index in [4.69, 9.17) is 4.98 Å². The molecule has 172 valence electrons. The second kappa shape index (κ2) is 8.41. The molecule has 3 N–H and O–H groups in total. The number of H-pyrrole nitrogens is 2. The number of amides is 1. The molecule has 0 aliphatic carbocycles. The highest BCUT2D eigenvalue weighted by Crippen LogP contribution is 2.34. The zero-order valence-corrected chi connectivity index (χ0v) is 19.3. The van der Waals surface area contributed by atoms with Crippen LogP contribution in [0.5, 0.6) is 0 Å². The molecule has 0 atom stereocenters. The largest absolute Gasteiger partial charge is 0.336 e. The molecule has 0 aliphatic rings. The summed E-state index contributed by atoms with van der Waals surface area (Å²) in [5.74, 6) is -0.0180. The van der Waals surface area contributed by atoms with Gasteiger partial charge in [-0.3, -0.25) is 19.9 Å². The molecule has 5 aromatic heterocycles. The summed E-state index contributed by atoms with van der Waals surface area (Å²) in [7, 11) is 0. The summed E-state index contributed by atoms with van der Waals surface area (Å²) >= 11 is 1.60. The second-order valence-corrected chi connectivity index (χ2v) is 8.75. The SMILES string of the molecule is CCC(=O)Nc1cncc(-c2cc3c(-c4nc5c(-c6ccsc6)nccc5[nH]4)n[nH]c3cc2F)c1. The Hall–Kier alpha value is -4.44. The van der Waals surface area contributed by atoms with Crippen molar-refractivity contribution in [1.29, 1.82) is 0 Å². The minimum absolute atomic E-state index is 0.141. The molecule has 0 saturated carbocycles. The normalized spacial score (nSPS) is 11.4. The number of fused-ring (bicyclic) bond motifs is 2. The number of thiophene rings is 1. The Kier molecular flexibility index (Phi) is 5.07. The van der Waals surface area contributed by atoms with Crippen LogP contribution in [-0.4, -0.2) is 36.0 Å². The molecule has 5 heterocycles. The molecule has 1 aromatic carbocycles. The third-order valence-electron chi connectivity index (χ3n) is 5.72. The van der Waals surface area contributed by atoms with E-state index in [9.17, 15) is 4.79 Å². The third kappa shape index (κ3) is 3.73. The molecule has 0 aliphatic heterocycles. The number of aromatic nitrogens is 6. The predicted octanol–water partition coefficient (Wildman–Crippen LogP) is 5.78. The van der Waals surface area contributed by atoms with E-state index in [1.807, 2.05) is 22.9 Å². The molecule has 0 unspecified atom stereocenters. The molecule has 0 fully saturated rings. The summed E-state index contributed by atoms with van der Waals surface area (Å²) in [5, 5.41) is 14.8. The van der Waals surface area contributed by atoms with Gasteiger partial charge in [0.15, 0.2) is 5.82 Å². The van der Waals surface area contributed by atoms with E-state index in [1.54, 1.807) is 42.8 Å². The minimum Gasteiger partial charge on any atom is -0.336 e. The molecule has 6 aromatic rings. The number of carbonyl (C=O) groups excluding carboxylic acids is 1. The molecular formula is C25H18FN7OS. The van der Waals surface area contributed by atoms with Crippen molar-refractivity contribution in [3.05, 3.63) is 65.5 Å². The van der Waals surface area contributed by atoms with E-state index in [-0.39, 0.29) is 5.91 Å². The molecule has 10 heteroatoms. The Balaban J connectivity index is 1.46. The van der Waals surface area contributed by atoms with E-state index in [1.165, 1.54) is 12.3 Å². The van der Waals surface area contributed by atoms with Crippen LogP contribution in [0.1, 0.15) is 13.3 Å². The molecule has 0 bridgehead atoms. The molecule has 8 nitrogen and oxygen atoms in total. The quantitative estimate of drug-likeness (QED) is 0.288. The maximum atomic E-state index is 15.1. The average Bonchev–Trinajstić information content (AvgIpc) is 3.62. The highest BCUT2D eigenvalue weighted by Gasteiger charge is 2.18. The van der Waals surface area contributed by atoms with Crippen molar-refractivity contribution in [2.45, 2.75) is 13.3 Å². The van der Waals surface area contributed by atoms with Gasteiger partial charge in [0.05, 0.1) is 28.6 Å². The Labute approximate surface area is 202 Å². The molecule has 1 amide bonds. The number of aromatic amines is 2. The van der Waals surface area contributed by atoms with Gasteiger partial charge >= 0.3 is 0 Å². The number of nitrogens with one attached hydrogen (secondary N) is 3. The van der Waals surface area contributed by atoms with E-state index < -0.39 is 5.82 Å². The van der Waals surface area contributed by atoms with Gasteiger partial charge in [0, 0.05) is 52.3 Å². The van der Waals surface area contributed by atoms with Gasteiger partial charge in [-0.25, -0.2) is 9.37 Å². The summed E-state index contributed by atoms with van der Waals surface area (Å²) in [5.41, 5.74) is 5.86. The molecule has 35 heavy (non-hydrogen) atoms. The lowest BCUT2D eigenvalue weighted by molar-refractivity contribution is -0.115. The monoisotopic (exact) mass is 483 g/mol. The molecular weight excluding hydrogens is 465 g/mol. The average molecular weight is 484 g/mol. The van der Waals surface area contributed by atoms with Crippen LogP contribution in [-0.2, 0) is 4.79 Å². The zero-order valence-electron chi connectivity index (χ0n) is 18.5. The first kappa shape index (κ1) is 21.1. The summed E-state index contributed by atoms with van der Waals surface area (Å²) in [6, 6.07) is 8.69. The van der Waals surface area contributed by atoms with Gasteiger partial charge < -0.3 is 10.3 Å². The first-order chi connectivity index (χ1) is 17.1. The van der Waals surface area contributed by atoms with Crippen molar-refractivity contribution >= 4 is 44.9 Å². The fourth-order valence-electron chi connectivity index (χ4n) is 4.00. The number of nitrogens with zero attached hydrogens (tertiary/aromatic N) is 4. The van der Waals surface area contributed by atoms with Gasteiger partial charge in [0.25, 0.3) is 0 Å². The third-order valence-corrected chi connectivity index (χ3v) is 6.41. The zero-order chi connectivity index (χ0) is 23.9. The number of hydrogen-bond donors (Lipinski definition) is 3. The molecule has 0 radical (unpaired) electrons. The van der Waals surface area contributed by atoms with Gasteiger partial charge in [-0.1, -0.05) is 6.92 Å². The van der Waals surface area contributed by atoms with Crippen molar-refractivity contribution in [1.82, 2.24) is 30.1 Å².